The number of carboxylic acids is 2. The summed E-state index contributed by atoms with van der Waals surface area (Å²) >= 11 is 0. The van der Waals surface area contributed by atoms with Crippen molar-refractivity contribution in [3.05, 3.63) is 29.6 Å². The second-order valence-corrected chi connectivity index (χ2v) is 9.18. The van der Waals surface area contributed by atoms with Crippen LogP contribution in [-0.2, 0) is 15.8 Å². The van der Waals surface area contributed by atoms with Crippen molar-refractivity contribution in [2.45, 2.75) is 57.2 Å². The van der Waals surface area contributed by atoms with Crippen molar-refractivity contribution in [3.63, 3.8) is 0 Å². The third-order valence-electron chi connectivity index (χ3n) is 5.73. The molecule has 2 aliphatic heterocycles. The number of halogens is 9. The number of carbonyl (C=O) groups is 3. The predicted molar refractivity (Wildman–Crippen MR) is 116 cm³/mol. The molecule has 0 aliphatic carbocycles. The molecule has 0 saturated carbocycles. The predicted octanol–water partition coefficient (Wildman–Crippen LogP) is 4.70. The molecule has 2 N–H and O–H groups in total. The van der Waals surface area contributed by atoms with E-state index in [0.717, 1.165) is 44.6 Å². The number of piperidine rings is 1. The van der Waals surface area contributed by atoms with Gasteiger partial charge in [-0.1, -0.05) is 13.8 Å². The van der Waals surface area contributed by atoms with Crippen LogP contribution in [0, 0.1) is 5.92 Å². The molecule has 3 heterocycles. The fourth-order valence-electron chi connectivity index (χ4n) is 3.96. The van der Waals surface area contributed by atoms with Gasteiger partial charge in [0, 0.05) is 43.5 Å². The van der Waals surface area contributed by atoms with E-state index in [1.54, 1.807) is 4.90 Å². The minimum absolute atomic E-state index is 0.0120. The van der Waals surface area contributed by atoms with Gasteiger partial charge in [0.05, 0.1) is 0 Å². The van der Waals surface area contributed by atoms with Crippen molar-refractivity contribution >= 4 is 17.8 Å². The molecule has 2 aliphatic rings. The molecule has 1 spiro atoms. The van der Waals surface area contributed by atoms with Gasteiger partial charge in [-0.15, -0.1) is 0 Å². The molecular formula is C22H26F9N3O5. The maximum absolute atomic E-state index is 12.8. The van der Waals surface area contributed by atoms with Crippen LogP contribution in [0.25, 0.3) is 0 Å². The molecule has 2 saturated heterocycles. The average molecular weight is 583 g/mol. The Morgan fingerprint density at radius 1 is 0.949 bits per heavy atom. The zero-order chi connectivity index (χ0) is 30.4. The van der Waals surface area contributed by atoms with E-state index in [1.807, 2.05) is 0 Å². The van der Waals surface area contributed by atoms with E-state index in [-0.39, 0.29) is 17.0 Å². The van der Waals surface area contributed by atoms with Crippen LogP contribution in [-0.4, -0.2) is 86.9 Å². The smallest absolute Gasteiger partial charge is 0.475 e. The zero-order valence-electron chi connectivity index (χ0n) is 20.6. The van der Waals surface area contributed by atoms with Gasteiger partial charge in [0.1, 0.15) is 5.69 Å². The largest absolute Gasteiger partial charge is 0.490 e. The molecule has 222 valence electrons. The van der Waals surface area contributed by atoms with Crippen molar-refractivity contribution in [1.82, 2.24) is 14.8 Å². The molecule has 1 aromatic rings. The summed E-state index contributed by atoms with van der Waals surface area (Å²) in [5.74, 6) is -5.29. The first-order valence-electron chi connectivity index (χ1n) is 11.3. The summed E-state index contributed by atoms with van der Waals surface area (Å²) in [5.41, 5.74) is -0.942. The molecule has 1 aromatic heterocycles. The minimum atomic E-state index is -5.08. The molecule has 1 atom stereocenters. The minimum Gasteiger partial charge on any atom is -0.475 e. The maximum Gasteiger partial charge on any atom is 0.490 e. The maximum atomic E-state index is 12.8. The summed E-state index contributed by atoms with van der Waals surface area (Å²) < 4.78 is 102. The topological polar surface area (TPSA) is 111 Å². The molecule has 1 amide bonds. The lowest BCUT2D eigenvalue weighted by Gasteiger charge is -2.57. The molecule has 17 heteroatoms. The summed E-state index contributed by atoms with van der Waals surface area (Å²) in [4.78, 5) is 38.0. The van der Waals surface area contributed by atoms with Crippen molar-refractivity contribution in [2.75, 3.05) is 26.2 Å². The lowest BCUT2D eigenvalue weighted by atomic mass is 9.77. The van der Waals surface area contributed by atoms with Crippen molar-refractivity contribution in [3.8, 4) is 0 Å². The van der Waals surface area contributed by atoms with Gasteiger partial charge in [-0.05, 0) is 37.3 Å². The number of likely N-dealkylation sites (tertiary alicyclic amines) is 2. The Hall–Kier alpha value is -3.11. The van der Waals surface area contributed by atoms with Gasteiger partial charge in [0.2, 0.25) is 0 Å². The first-order valence-corrected chi connectivity index (χ1v) is 11.3. The number of pyridine rings is 1. The Morgan fingerprint density at radius 3 is 1.85 bits per heavy atom. The highest BCUT2D eigenvalue weighted by Gasteiger charge is 2.48. The monoisotopic (exact) mass is 583 g/mol. The summed E-state index contributed by atoms with van der Waals surface area (Å²) in [5, 5.41) is 14.2. The molecule has 1 unspecified atom stereocenters. The molecule has 2 fully saturated rings. The number of hydrogen-bond donors (Lipinski definition) is 2. The van der Waals surface area contributed by atoms with Crippen LogP contribution in [0.1, 0.15) is 49.2 Å². The number of carbonyl (C=O) groups excluding carboxylic acids is 1. The van der Waals surface area contributed by atoms with E-state index < -0.39 is 36.2 Å². The molecular weight excluding hydrogens is 557 g/mol. The van der Waals surface area contributed by atoms with Gasteiger partial charge < -0.3 is 15.1 Å². The summed E-state index contributed by atoms with van der Waals surface area (Å²) in [6.07, 6.45) is -10.7. The van der Waals surface area contributed by atoms with E-state index in [9.17, 15) is 44.3 Å². The number of amides is 1. The number of rotatable bonds is 3. The Morgan fingerprint density at radius 2 is 1.46 bits per heavy atom. The van der Waals surface area contributed by atoms with Gasteiger partial charge in [0.15, 0.2) is 0 Å². The Bertz CT molecular complexity index is 988. The number of carboxylic acid groups (broad SMARTS) is 2. The second-order valence-electron chi connectivity index (χ2n) is 9.18. The van der Waals surface area contributed by atoms with Crippen LogP contribution in [0.3, 0.4) is 0 Å². The van der Waals surface area contributed by atoms with Gasteiger partial charge >= 0.3 is 30.5 Å². The van der Waals surface area contributed by atoms with Crippen LogP contribution >= 0.6 is 0 Å². The first-order chi connectivity index (χ1) is 17.6. The van der Waals surface area contributed by atoms with Crippen molar-refractivity contribution in [2.24, 2.45) is 5.92 Å². The number of hydrogen-bond acceptors (Lipinski definition) is 5. The number of nitrogens with zero attached hydrogens (tertiary/aromatic N) is 3. The van der Waals surface area contributed by atoms with Crippen LogP contribution in [0.15, 0.2) is 18.3 Å². The highest BCUT2D eigenvalue weighted by atomic mass is 19.4. The van der Waals surface area contributed by atoms with Crippen LogP contribution in [0.5, 0.6) is 0 Å². The van der Waals surface area contributed by atoms with Crippen molar-refractivity contribution in [1.29, 1.82) is 0 Å². The third-order valence-corrected chi connectivity index (χ3v) is 5.73. The fraction of sp³-hybridized carbons (Fsp3) is 0.636. The first kappa shape index (κ1) is 33.9. The Labute approximate surface area is 216 Å². The quantitative estimate of drug-likeness (QED) is 0.497. The van der Waals surface area contributed by atoms with E-state index in [4.69, 9.17) is 19.8 Å². The lowest BCUT2D eigenvalue weighted by molar-refractivity contribution is -0.193. The van der Waals surface area contributed by atoms with E-state index in [0.29, 0.717) is 19.0 Å². The van der Waals surface area contributed by atoms with Gasteiger partial charge in [-0.25, -0.2) is 9.59 Å². The van der Waals surface area contributed by atoms with E-state index in [1.165, 1.54) is 6.07 Å². The molecule has 0 radical (unpaired) electrons. The van der Waals surface area contributed by atoms with E-state index in [2.05, 4.69) is 23.7 Å². The van der Waals surface area contributed by atoms with Gasteiger partial charge in [0.25, 0.3) is 5.91 Å². The molecule has 0 bridgehead atoms. The molecule has 39 heavy (non-hydrogen) atoms. The van der Waals surface area contributed by atoms with Crippen LogP contribution < -0.4 is 0 Å². The van der Waals surface area contributed by atoms with Gasteiger partial charge in [-0.2, -0.15) is 39.5 Å². The fourth-order valence-corrected chi connectivity index (χ4v) is 3.96. The third kappa shape index (κ3) is 10.2. The molecule has 8 nitrogen and oxygen atoms in total. The van der Waals surface area contributed by atoms with Crippen LogP contribution in [0.2, 0.25) is 0 Å². The Kier molecular flexibility index (Phi) is 11.2. The van der Waals surface area contributed by atoms with Crippen LogP contribution in [0.4, 0.5) is 39.5 Å². The highest BCUT2D eigenvalue weighted by molar-refractivity contribution is 5.94. The zero-order valence-corrected chi connectivity index (χ0v) is 20.6. The Balaban J connectivity index is 0.000000449. The normalized spacial score (nSPS) is 19.8. The standard InChI is InChI=1S/C18H24F3N3O.2C2HF3O2/c1-13(2)11-24-9-6-17(24)5-3-8-23(12-17)16(25)14-4-7-22-15(10-14)18(19,20)21;2*3-2(4,5)1(6)7/h4,7,10,13H,3,5-6,8-9,11-12H2,1-2H3;2*(H,6,7). The molecule has 3 rings (SSSR count). The summed E-state index contributed by atoms with van der Waals surface area (Å²) in [6.45, 7) is 7.58. The lowest BCUT2D eigenvalue weighted by Crippen LogP contribution is -2.67. The van der Waals surface area contributed by atoms with E-state index >= 15 is 0 Å². The summed E-state index contributed by atoms with van der Waals surface area (Å²) in [7, 11) is 0. The summed E-state index contributed by atoms with van der Waals surface area (Å²) in [6, 6.07) is 2.22. The number of aromatic nitrogens is 1. The van der Waals surface area contributed by atoms with Gasteiger partial charge in [-0.3, -0.25) is 14.7 Å². The second kappa shape index (κ2) is 12.8. The average Bonchev–Trinajstić information content (AvgIpc) is 2.80. The SMILES string of the molecule is CC(C)CN1CCC12CCCN(C(=O)c1ccnc(C(F)(F)F)c1)C2.O=C(O)C(F)(F)F.O=C(O)C(F)(F)F. The highest BCUT2D eigenvalue weighted by Crippen LogP contribution is 2.39. The molecule has 0 aromatic carbocycles. The number of aliphatic carboxylic acids is 2. The van der Waals surface area contributed by atoms with Crippen molar-refractivity contribution < 1.29 is 64.1 Å². The number of alkyl halides is 9.